The number of nitrogens with zero attached hydrogens (tertiary/aromatic N) is 2. The molecule has 146 valence electrons. The van der Waals surface area contributed by atoms with Gasteiger partial charge in [-0.2, -0.15) is 0 Å². The molecular weight excluding hydrogens is 437 g/mol. The van der Waals surface area contributed by atoms with Crippen molar-refractivity contribution in [1.29, 1.82) is 0 Å². The monoisotopic (exact) mass is 471 g/mol. The topological polar surface area (TPSA) is 36.9 Å². The van der Waals surface area contributed by atoms with Crippen molar-refractivity contribution in [2.24, 2.45) is 10.4 Å². The highest BCUT2D eigenvalue weighted by Gasteiger charge is 2.42. The van der Waals surface area contributed by atoms with E-state index >= 15 is 0 Å². The van der Waals surface area contributed by atoms with Crippen LogP contribution < -0.4 is 5.32 Å². The summed E-state index contributed by atoms with van der Waals surface area (Å²) in [5, 5.41) is 3.55. The van der Waals surface area contributed by atoms with E-state index in [9.17, 15) is 0 Å². The van der Waals surface area contributed by atoms with Crippen molar-refractivity contribution in [2.75, 3.05) is 39.9 Å². The summed E-state index contributed by atoms with van der Waals surface area (Å²) in [5.41, 5.74) is 3.36. The quantitative estimate of drug-likeness (QED) is 0.414. The van der Waals surface area contributed by atoms with Gasteiger partial charge in [-0.15, -0.1) is 24.0 Å². The summed E-state index contributed by atoms with van der Waals surface area (Å²) in [4.78, 5) is 6.89. The lowest BCUT2D eigenvalue weighted by molar-refractivity contribution is 0.156. The van der Waals surface area contributed by atoms with Gasteiger partial charge in [-0.1, -0.05) is 45.0 Å². The van der Waals surface area contributed by atoms with Crippen molar-refractivity contribution in [3.8, 4) is 0 Å². The number of ether oxygens (including phenoxy) is 1. The molecule has 4 nitrogen and oxygen atoms in total. The maximum absolute atomic E-state index is 5.63. The molecule has 2 aliphatic rings. The lowest BCUT2D eigenvalue weighted by Crippen LogP contribution is -2.42. The molecule has 1 N–H and O–H groups in total. The van der Waals surface area contributed by atoms with E-state index in [2.05, 4.69) is 60.2 Å². The molecule has 3 rings (SSSR count). The van der Waals surface area contributed by atoms with Gasteiger partial charge in [-0.25, -0.2) is 0 Å². The van der Waals surface area contributed by atoms with Gasteiger partial charge in [-0.3, -0.25) is 4.99 Å². The Bertz CT molecular complexity index is 601. The largest absolute Gasteiger partial charge is 0.381 e. The molecule has 0 radical (unpaired) electrons. The minimum atomic E-state index is 0. The zero-order chi connectivity index (χ0) is 17.9. The Morgan fingerprint density at radius 2 is 1.96 bits per heavy atom. The summed E-state index contributed by atoms with van der Waals surface area (Å²) in [6.45, 7) is 11.7. The third-order valence-electron chi connectivity index (χ3n) is 5.65. The molecule has 1 aromatic carbocycles. The third-order valence-corrected chi connectivity index (χ3v) is 5.65. The van der Waals surface area contributed by atoms with Gasteiger partial charge in [0.1, 0.15) is 0 Å². The van der Waals surface area contributed by atoms with Crippen LogP contribution in [0.2, 0.25) is 0 Å². The molecule has 1 aromatic rings. The van der Waals surface area contributed by atoms with Crippen LogP contribution in [0.3, 0.4) is 0 Å². The fraction of sp³-hybridized carbons (Fsp3) is 0.667. The van der Waals surface area contributed by atoms with Crippen LogP contribution in [0.15, 0.2) is 29.3 Å². The van der Waals surface area contributed by atoms with Crippen LogP contribution in [0.4, 0.5) is 0 Å². The van der Waals surface area contributed by atoms with Gasteiger partial charge in [0.05, 0.1) is 6.61 Å². The molecule has 0 aliphatic carbocycles. The summed E-state index contributed by atoms with van der Waals surface area (Å²) in [7, 11) is 1.89. The maximum Gasteiger partial charge on any atom is 0.193 e. The molecule has 0 amide bonds. The van der Waals surface area contributed by atoms with E-state index in [1.807, 2.05) is 7.05 Å². The molecule has 1 spiro atoms. The minimum absolute atomic E-state index is 0. The van der Waals surface area contributed by atoms with Gasteiger partial charge in [0.25, 0.3) is 0 Å². The lowest BCUT2D eigenvalue weighted by Gasteiger charge is -2.25. The maximum atomic E-state index is 5.63. The standard InChI is InChI=1S/C21H33N3O.HI/c1-20(2,3)18-7-5-17(6-8-18)9-12-23-19(22-4)24-13-10-21(15-24)11-14-25-16-21;/h5-8H,9-16H2,1-4H3,(H,22,23);1H. The molecule has 5 heteroatoms. The highest BCUT2D eigenvalue weighted by molar-refractivity contribution is 14.0. The zero-order valence-corrected chi connectivity index (χ0v) is 19.0. The SMILES string of the molecule is CN=C(NCCc1ccc(C(C)(C)C)cc1)N1CCC2(CCOC2)C1.I. The summed E-state index contributed by atoms with van der Waals surface area (Å²) in [5.74, 6) is 1.04. The molecule has 26 heavy (non-hydrogen) atoms. The summed E-state index contributed by atoms with van der Waals surface area (Å²) in [6, 6.07) is 9.03. The number of hydrogen-bond donors (Lipinski definition) is 1. The molecular formula is C21H34IN3O. The van der Waals surface area contributed by atoms with Crippen molar-refractivity contribution < 1.29 is 4.74 Å². The number of likely N-dealkylation sites (tertiary alicyclic amines) is 1. The molecule has 2 saturated heterocycles. The lowest BCUT2D eigenvalue weighted by atomic mass is 9.86. The van der Waals surface area contributed by atoms with Crippen molar-refractivity contribution in [2.45, 2.75) is 45.4 Å². The van der Waals surface area contributed by atoms with Crippen LogP contribution >= 0.6 is 24.0 Å². The van der Waals surface area contributed by atoms with Crippen LogP contribution in [0.1, 0.15) is 44.7 Å². The first-order valence-electron chi connectivity index (χ1n) is 9.55. The average Bonchev–Trinajstić information content (AvgIpc) is 3.22. The van der Waals surface area contributed by atoms with E-state index in [4.69, 9.17) is 4.74 Å². The number of aliphatic imine (C=N–C) groups is 1. The molecule has 2 heterocycles. The summed E-state index contributed by atoms with van der Waals surface area (Å²) >= 11 is 0. The number of rotatable bonds is 3. The Labute approximate surface area is 175 Å². The van der Waals surface area contributed by atoms with Crippen molar-refractivity contribution >= 4 is 29.9 Å². The number of benzene rings is 1. The van der Waals surface area contributed by atoms with Crippen LogP contribution in [-0.2, 0) is 16.6 Å². The van der Waals surface area contributed by atoms with Crippen LogP contribution in [0, 0.1) is 5.41 Å². The second-order valence-electron chi connectivity index (χ2n) is 8.65. The molecule has 0 aromatic heterocycles. The second kappa shape index (κ2) is 8.91. The van der Waals surface area contributed by atoms with E-state index < -0.39 is 0 Å². The fourth-order valence-electron chi connectivity index (χ4n) is 3.91. The first kappa shape index (κ1) is 21.5. The average molecular weight is 471 g/mol. The fourth-order valence-corrected chi connectivity index (χ4v) is 3.91. The minimum Gasteiger partial charge on any atom is -0.381 e. The number of halogens is 1. The van der Waals surface area contributed by atoms with Gasteiger partial charge in [-0.05, 0) is 35.8 Å². The van der Waals surface area contributed by atoms with E-state index in [-0.39, 0.29) is 29.4 Å². The molecule has 1 unspecified atom stereocenters. The van der Waals surface area contributed by atoms with E-state index in [0.717, 1.165) is 45.2 Å². The van der Waals surface area contributed by atoms with E-state index in [1.165, 1.54) is 24.0 Å². The normalized spacial score (nSPS) is 23.4. The number of hydrogen-bond acceptors (Lipinski definition) is 2. The van der Waals surface area contributed by atoms with Crippen molar-refractivity contribution in [3.63, 3.8) is 0 Å². The first-order chi connectivity index (χ1) is 11.9. The third kappa shape index (κ3) is 5.12. The first-order valence-corrected chi connectivity index (χ1v) is 9.55. The predicted molar refractivity (Wildman–Crippen MR) is 120 cm³/mol. The number of nitrogens with one attached hydrogen (secondary N) is 1. The molecule has 0 saturated carbocycles. The molecule has 2 fully saturated rings. The Hall–Kier alpha value is -0.820. The van der Waals surface area contributed by atoms with E-state index in [0.29, 0.717) is 5.41 Å². The van der Waals surface area contributed by atoms with Gasteiger partial charge in [0.15, 0.2) is 5.96 Å². The van der Waals surface area contributed by atoms with Gasteiger partial charge >= 0.3 is 0 Å². The Kier molecular flexibility index (Phi) is 7.36. The van der Waals surface area contributed by atoms with Crippen molar-refractivity contribution in [1.82, 2.24) is 10.2 Å². The van der Waals surface area contributed by atoms with Gasteiger partial charge in [0, 0.05) is 38.7 Å². The van der Waals surface area contributed by atoms with Crippen LogP contribution in [0.5, 0.6) is 0 Å². The van der Waals surface area contributed by atoms with Crippen LogP contribution in [-0.4, -0.2) is 50.8 Å². The van der Waals surface area contributed by atoms with Crippen molar-refractivity contribution in [3.05, 3.63) is 35.4 Å². The summed E-state index contributed by atoms with van der Waals surface area (Å²) in [6.07, 6.45) is 3.44. The van der Waals surface area contributed by atoms with Crippen LogP contribution in [0.25, 0.3) is 0 Å². The molecule has 0 bridgehead atoms. The van der Waals surface area contributed by atoms with Gasteiger partial charge in [0.2, 0.25) is 0 Å². The smallest absolute Gasteiger partial charge is 0.193 e. The summed E-state index contributed by atoms with van der Waals surface area (Å²) < 4.78 is 5.63. The second-order valence-corrected chi connectivity index (χ2v) is 8.65. The highest BCUT2D eigenvalue weighted by Crippen LogP contribution is 2.38. The predicted octanol–water partition coefficient (Wildman–Crippen LogP) is 3.83. The zero-order valence-electron chi connectivity index (χ0n) is 16.7. The van der Waals surface area contributed by atoms with Gasteiger partial charge < -0.3 is 15.0 Å². The highest BCUT2D eigenvalue weighted by atomic mass is 127. The molecule has 2 aliphatic heterocycles. The Morgan fingerprint density at radius 3 is 2.54 bits per heavy atom. The van der Waals surface area contributed by atoms with E-state index in [1.54, 1.807) is 0 Å². The number of guanidine groups is 1. The Morgan fingerprint density at radius 1 is 1.23 bits per heavy atom. The molecule has 1 atom stereocenters. The Balaban J connectivity index is 0.00000243.